The topological polar surface area (TPSA) is 144 Å². The first-order valence-electron chi connectivity index (χ1n) is 23.8. The van der Waals surface area contributed by atoms with Crippen LogP contribution < -0.4 is 63.8 Å². The van der Waals surface area contributed by atoms with Gasteiger partial charge < -0.3 is 27.7 Å². The van der Waals surface area contributed by atoms with Crippen LogP contribution in [0.25, 0.3) is 0 Å². The molecule has 0 aromatic carbocycles. The molecule has 0 aromatic rings. The molecule has 0 amide bonds. The molecule has 1 radical (unpaired) electrons. The zero-order chi connectivity index (χ0) is 42.7. The van der Waals surface area contributed by atoms with Gasteiger partial charge in [-0.2, -0.15) is 32.6 Å². The monoisotopic (exact) mass is 887 g/mol. The minimum atomic E-state index is 0. The van der Waals surface area contributed by atoms with Crippen molar-refractivity contribution in [2.24, 2.45) is 47.3 Å². The minimum Gasteiger partial charge on any atom is -0.376 e. The smallest absolute Gasteiger partial charge is 0.0628 e. The van der Waals surface area contributed by atoms with E-state index in [2.05, 4.69) is 96.5 Å². The van der Waals surface area contributed by atoms with Crippen LogP contribution in [0.2, 0.25) is 0 Å². The third-order valence-electron chi connectivity index (χ3n) is 14.7. The Morgan fingerprint density at radius 3 is 0.836 bits per heavy atom. The Bertz CT molecular complexity index is 995. The van der Waals surface area contributed by atoms with Crippen molar-refractivity contribution in [3.8, 4) is 0 Å². The van der Waals surface area contributed by atoms with Gasteiger partial charge in [0.1, 0.15) is 0 Å². The average molecular weight is 887 g/mol. The van der Waals surface area contributed by atoms with E-state index in [-0.39, 0.29) is 17.1 Å². The van der Waals surface area contributed by atoms with Crippen molar-refractivity contribution in [1.29, 1.82) is 0 Å². The summed E-state index contributed by atoms with van der Waals surface area (Å²) in [6.07, 6.45) is 33.2. The van der Waals surface area contributed by atoms with E-state index in [0.717, 1.165) is 35.5 Å². The number of nitrogens with one attached hydrogen (secondary N) is 12. The Morgan fingerprint density at radius 1 is 0.377 bits per heavy atom. The summed E-state index contributed by atoms with van der Waals surface area (Å²) in [4.78, 5) is 0. The first-order chi connectivity index (χ1) is 29.5. The normalized spacial score (nSPS) is 39.9. The van der Waals surface area contributed by atoms with E-state index in [1.807, 2.05) is 28.2 Å². The van der Waals surface area contributed by atoms with Gasteiger partial charge in [-0.1, -0.05) is 51.4 Å². The molecule has 351 valence electrons. The molecule has 5 aliphatic heterocycles. The first-order valence-corrected chi connectivity index (χ1v) is 23.8. The summed E-state index contributed by atoms with van der Waals surface area (Å²) in [5.74, 6) is 5.74. The van der Waals surface area contributed by atoms with Gasteiger partial charge >= 0.3 is 0 Å². The van der Waals surface area contributed by atoms with Crippen LogP contribution in [0.1, 0.15) is 96.3 Å². The summed E-state index contributed by atoms with van der Waals surface area (Å²) in [6, 6.07) is 0. The molecule has 4 saturated carbocycles. The van der Waals surface area contributed by atoms with Crippen LogP contribution in [-0.2, 0) is 17.1 Å². The summed E-state index contributed by atoms with van der Waals surface area (Å²) in [7, 11) is 7.34. The summed E-state index contributed by atoms with van der Waals surface area (Å²) in [5, 5.41) is 44.8. The van der Waals surface area contributed by atoms with Crippen LogP contribution in [0.15, 0.2) is 50.6 Å². The van der Waals surface area contributed by atoms with Crippen LogP contribution in [0.5, 0.6) is 0 Å². The number of fused-ring (bicyclic) bond motifs is 20. The van der Waals surface area contributed by atoms with Gasteiger partial charge in [-0.3, -0.25) is 42.5 Å². The summed E-state index contributed by atoms with van der Waals surface area (Å²) < 4.78 is 0. The van der Waals surface area contributed by atoms with Crippen LogP contribution in [-0.4, -0.2) is 77.5 Å². The summed E-state index contributed by atoms with van der Waals surface area (Å²) >= 11 is 0. The number of rotatable bonds is 8. The van der Waals surface area contributed by atoms with Gasteiger partial charge in [0, 0.05) is 23.2 Å². The summed E-state index contributed by atoms with van der Waals surface area (Å²) in [5.41, 5.74) is 0. The van der Waals surface area contributed by atoms with Crippen LogP contribution in [0, 0.1) is 79.9 Å². The van der Waals surface area contributed by atoms with Gasteiger partial charge in [0.2, 0.25) is 0 Å². The number of hydrogen-bond donors (Lipinski definition) is 12. The van der Waals surface area contributed by atoms with E-state index in [4.69, 9.17) is 0 Å². The molecule has 13 heteroatoms. The summed E-state index contributed by atoms with van der Waals surface area (Å²) in [6.45, 7) is 20.8. The maximum absolute atomic E-state index is 4.25. The zero-order valence-corrected chi connectivity index (χ0v) is 39.4. The van der Waals surface area contributed by atoms with Crippen molar-refractivity contribution < 1.29 is 17.1 Å². The maximum atomic E-state index is 4.25. The molecule has 16 unspecified atom stereocenters. The molecular weight excluding hydrogens is 800 g/mol. The fourth-order valence-corrected chi connectivity index (χ4v) is 12.2. The second-order valence-corrected chi connectivity index (χ2v) is 18.2. The fourth-order valence-electron chi connectivity index (χ4n) is 12.2. The van der Waals surface area contributed by atoms with Gasteiger partial charge in [0.25, 0.3) is 0 Å². The third-order valence-corrected chi connectivity index (χ3v) is 14.7. The Morgan fingerprint density at radius 2 is 0.607 bits per heavy atom. The quantitative estimate of drug-likeness (QED) is 0.122. The largest absolute Gasteiger partial charge is 0.376 e. The van der Waals surface area contributed by atoms with Crippen molar-refractivity contribution in [3.63, 3.8) is 0 Å². The molecule has 12 nitrogen and oxygen atoms in total. The van der Waals surface area contributed by atoms with Gasteiger partial charge in [-0.15, -0.1) is 5.92 Å². The molecule has 8 bridgehead atoms. The molecule has 9 aliphatic rings. The van der Waals surface area contributed by atoms with Crippen LogP contribution >= 0.6 is 0 Å². The van der Waals surface area contributed by atoms with Gasteiger partial charge in [0.15, 0.2) is 0 Å². The zero-order valence-electron chi connectivity index (χ0n) is 38.2. The predicted octanol–water partition coefficient (Wildman–Crippen LogP) is 4.63. The maximum Gasteiger partial charge on any atom is 0.0628 e. The molecule has 0 spiro atoms. The second-order valence-electron chi connectivity index (χ2n) is 18.2. The van der Waals surface area contributed by atoms with E-state index in [1.165, 1.54) is 96.3 Å². The van der Waals surface area contributed by atoms with E-state index in [9.17, 15) is 0 Å². The van der Waals surface area contributed by atoms with E-state index in [1.54, 1.807) is 50.5 Å². The van der Waals surface area contributed by atoms with E-state index in [0.29, 0.717) is 61.2 Å². The van der Waals surface area contributed by atoms with Crippen molar-refractivity contribution >= 4 is 0 Å². The molecule has 5 saturated heterocycles. The Hall–Kier alpha value is -1.52. The molecule has 16 atom stereocenters. The average Bonchev–Trinajstić information content (AvgIpc) is 4.02. The van der Waals surface area contributed by atoms with Crippen molar-refractivity contribution in [1.82, 2.24) is 63.8 Å². The minimum absolute atomic E-state index is 0. The van der Waals surface area contributed by atoms with Gasteiger partial charge in [0.05, 0.1) is 43.2 Å². The molecule has 9 rings (SSSR count). The molecule has 12 N–H and O–H groups in total. The first kappa shape index (κ1) is 52.1. The molecule has 9 fully saturated rings. The Labute approximate surface area is 383 Å². The SMILES string of the molecule is C=C[CH-]NC.C=C[CH-]NC.C=C[CH-]NC.C=C[CH-]NC.[CH-]1CCCC2C3NC(NC4NC(NC5NC(NC6NC(N3)C3CCCCC63)C3CCCCC53)C3CCCCC43)C12.[Mn]. The second kappa shape index (κ2) is 28.4. The molecular formula is C48H87MnN12-5. The van der Waals surface area contributed by atoms with Crippen molar-refractivity contribution in [2.75, 3.05) is 28.2 Å². The van der Waals surface area contributed by atoms with E-state index >= 15 is 0 Å². The standard InChI is InChI=1S/C32H55N8.4C4H8N.Mn/c1-2-10-18-17(9-1)25-33-26(18)38-28-21-13-5-6-14-22(21)30(35-28)40-32-24-16-8-7-15-23(24)31(36-32)39-29-20-12-4-3-11-19(20)27(34-29)37-25;4*1-3-4-5-2;/h9,17-40H,1-8,10-16H2;4*3-5H,1H2,2H3;/q5*-1;. The third kappa shape index (κ3) is 14.2. The fraction of sp³-hybridized carbons (Fsp3) is 0.729. The van der Waals surface area contributed by atoms with Crippen molar-refractivity contribution in [2.45, 2.75) is 146 Å². The van der Waals surface area contributed by atoms with Gasteiger partial charge in [-0.05, 0) is 108 Å². The van der Waals surface area contributed by atoms with Crippen molar-refractivity contribution in [3.05, 3.63) is 83.2 Å². The molecule has 0 aromatic heterocycles. The number of hydrogen-bond acceptors (Lipinski definition) is 12. The van der Waals surface area contributed by atoms with Gasteiger partial charge in [-0.25, -0.2) is 50.6 Å². The molecule has 4 aliphatic carbocycles. The molecule has 61 heavy (non-hydrogen) atoms. The van der Waals surface area contributed by atoms with Crippen LogP contribution in [0.4, 0.5) is 0 Å². The Kier molecular flexibility index (Phi) is 24.3. The van der Waals surface area contributed by atoms with E-state index < -0.39 is 0 Å². The molecule has 5 heterocycles. The predicted molar refractivity (Wildman–Crippen MR) is 251 cm³/mol. The number of likely N-dealkylation sites (N-methyl/N-ethyl adjacent to an activating group) is 4. The Balaban J connectivity index is 0.000000329. The van der Waals surface area contributed by atoms with Crippen LogP contribution in [0.3, 0.4) is 0 Å².